The summed E-state index contributed by atoms with van der Waals surface area (Å²) in [4.78, 5) is 4.83. The minimum absolute atomic E-state index is 0. The van der Waals surface area contributed by atoms with Gasteiger partial charge in [-0.1, -0.05) is 156 Å². The van der Waals surface area contributed by atoms with Crippen molar-refractivity contribution in [2.24, 2.45) is 0 Å². The number of nitrogens with zero attached hydrogens (tertiary/aromatic N) is 4. The minimum Gasteiger partial charge on any atom is -0.510 e. The van der Waals surface area contributed by atoms with Crippen molar-refractivity contribution in [1.82, 2.24) is 14.1 Å². The molecule has 0 unspecified atom stereocenters. The zero-order valence-corrected chi connectivity index (χ0v) is 45.5. The predicted molar refractivity (Wildman–Crippen MR) is 317 cm³/mol. The Bertz CT molecular complexity index is 5270. The van der Waals surface area contributed by atoms with Crippen molar-refractivity contribution in [2.75, 3.05) is 0 Å². The number of aromatic nitrogens is 4. The fourth-order valence-electron chi connectivity index (χ4n) is 10.6. The number of hydrogen-bond donors (Lipinski definition) is 0. The first-order valence-corrected chi connectivity index (χ1v) is 25.1. The Hall–Kier alpha value is -8.11. The number of fused-ring (bicyclic) bond motifs is 10. The average Bonchev–Trinajstić information content (AvgIpc) is 1.42. The van der Waals surface area contributed by atoms with Gasteiger partial charge in [0.05, 0.1) is 27.7 Å². The Morgan fingerprint density at radius 3 is 1.81 bits per heavy atom. The first-order valence-electron chi connectivity index (χ1n) is 35.1. The van der Waals surface area contributed by atoms with Crippen LogP contribution in [0.4, 0.5) is 0 Å². The van der Waals surface area contributed by atoms with Crippen LogP contribution in [0.15, 0.2) is 182 Å². The molecule has 9 aromatic carbocycles. The molecule has 386 valence electrons. The molecule has 0 fully saturated rings. The van der Waals surface area contributed by atoms with E-state index in [-0.39, 0.29) is 88.2 Å². The second kappa shape index (κ2) is 19.1. The summed E-state index contributed by atoms with van der Waals surface area (Å²) in [5, 5.41) is 1.83. The van der Waals surface area contributed by atoms with Gasteiger partial charge in [-0.05, 0) is 175 Å². The zero-order chi connectivity index (χ0) is 70.0. The third-order valence-electron chi connectivity index (χ3n) is 14.4. The topological polar surface area (TPSA) is 35.9 Å². The molecule has 0 N–H and O–H groups in total. The summed E-state index contributed by atoms with van der Waals surface area (Å²) >= 11 is 0. The molecule has 3 aromatic heterocycles. The van der Waals surface area contributed by atoms with Crippen molar-refractivity contribution in [3.05, 3.63) is 234 Å². The second-order valence-corrected chi connectivity index (χ2v) is 21.4. The number of para-hydroxylation sites is 1. The van der Waals surface area contributed by atoms with Crippen LogP contribution < -0.4 is 9.30 Å². The Balaban J connectivity index is 0.00000914. The van der Waals surface area contributed by atoms with Gasteiger partial charge in [-0.15, -0.1) is 29.7 Å². The first-order chi connectivity index (χ1) is 45.3. The van der Waals surface area contributed by atoms with E-state index in [0.29, 0.717) is 16.9 Å². The Morgan fingerprint density at radius 2 is 1.14 bits per heavy atom. The third kappa shape index (κ3) is 8.42. The van der Waals surface area contributed by atoms with E-state index in [1.54, 1.807) is 41.1 Å². The van der Waals surface area contributed by atoms with Gasteiger partial charge in [0.15, 0.2) is 0 Å². The van der Waals surface area contributed by atoms with E-state index in [1.807, 2.05) is 73.9 Å². The number of rotatable bonds is 6. The van der Waals surface area contributed by atoms with Gasteiger partial charge in [0.2, 0.25) is 0 Å². The maximum atomic E-state index is 10.1. The largest absolute Gasteiger partial charge is 0.510 e. The molecule has 0 spiro atoms. The number of ether oxygens (including phenoxy) is 1. The third-order valence-corrected chi connectivity index (χ3v) is 14.4. The molecule has 5 nitrogen and oxygen atoms in total. The summed E-state index contributed by atoms with van der Waals surface area (Å²) in [5.41, 5.74) is -2.96. The fourth-order valence-corrected chi connectivity index (χ4v) is 10.6. The normalized spacial score (nSPS) is 16.5. The van der Waals surface area contributed by atoms with Gasteiger partial charge >= 0.3 is 0 Å². The quantitative estimate of drug-likeness (QED) is 0.123. The molecule has 6 heteroatoms. The van der Waals surface area contributed by atoms with E-state index < -0.39 is 131 Å². The maximum Gasteiger partial charge on any atom is 0.268 e. The molecule has 0 atom stereocenters. The number of pyridine rings is 1. The summed E-state index contributed by atoms with van der Waals surface area (Å²) in [5.74, 6) is 1.12. The van der Waals surface area contributed by atoms with E-state index in [4.69, 9.17) is 26.2 Å². The van der Waals surface area contributed by atoms with Crippen LogP contribution in [-0.2, 0) is 31.9 Å². The zero-order valence-electron chi connectivity index (χ0n) is 63.2. The maximum absolute atomic E-state index is 10.1. The SMILES string of the molecule is [2H]c1c([2H])c([2H])c2c(c1[2H])-c1cc(-c3c(C([2H])([2H])[2H])cccc3C([2H])([2H])[2H])cc(-c3c(C([2H])([2H])[2H])cccc3C([2H])([2H])[2H])c1-[n+]1[c-]n(-c3[c-]c(Oc4[c-]c5c(cc4)c4ccccc4n5-c4cc(C(C)(C)C)ccn4)ccc3)c3cc(C(C)(C)C)cc(c31)-c1c([2H])c([2H])c([2H])c([2H])c1-2.[Pt]. The van der Waals surface area contributed by atoms with Gasteiger partial charge in [-0.3, -0.25) is 4.57 Å². The molecule has 13 rings (SSSR count). The standard InChI is InChI=1S/C72H60N4O.Pt/c1-44-20-17-21-45(2)67(44)48-36-60-56-28-13-11-26-54(56)55-27-12-14-29-57(55)61-38-50(72(8,9)10)39-65-70(61)75(69(60)62(37-48)68-46(3)22-18-23-47(68)4)43-74(65)51-24-19-25-52(41-51)77-53-32-33-59-58-30-15-16-31-63(58)76(64(59)42-53)66-40-49(34-35-73-66)71(5,6)7;/h11-40H,1-10H3;/q-2;/i1D3,2D3,3D3,4D3,11D,12D,13D,14D,26D,27D,28D,29D;. The first kappa shape index (κ1) is 32.6. The van der Waals surface area contributed by atoms with Gasteiger partial charge < -0.3 is 13.9 Å². The van der Waals surface area contributed by atoms with Crippen molar-refractivity contribution < 1.29 is 57.8 Å². The van der Waals surface area contributed by atoms with Crippen LogP contribution in [0.25, 0.3) is 106 Å². The second-order valence-electron chi connectivity index (χ2n) is 21.4. The van der Waals surface area contributed by atoms with Crippen molar-refractivity contribution in [3.63, 3.8) is 0 Å². The summed E-state index contributed by atoms with van der Waals surface area (Å²) in [6, 6.07) is 34.9. The van der Waals surface area contributed by atoms with Crippen molar-refractivity contribution in [1.29, 1.82) is 0 Å². The molecule has 0 radical (unpaired) electrons. The number of aryl methyl sites for hydroxylation is 4. The molecule has 4 heterocycles. The van der Waals surface area contributed by atoms with Crippen LogP contribution in [0.3, 0.4) is 0 Å². The monoisotopic (exact) mass is 1210 g/mol. The van der Waals surface area contributed by atoms with E-state index in [1.165, 1.54) is 53.1 Å². The van der Waals surface area contributed by atoms with E-state index in [0.717, 1.165) is 21.9 Å². The number of benzene rings is 9. The van der Waals surface area contributed by atoms with Crippen LogP contribution in [-0.4, -0.2) is 14.1 Å². The van der Waals surface area contributed by atoms with E-state index in [2.05, 4.69) is 39.2 Å². The van der Waals surface area contributed by atoms with Crippen molar-refractivity contribution in [3.8, 4) is 84.3 Å². The molecule has 1 aliphatic rings. The molecule has 78 heavy (non-hydrogen) atoms. The predicted octanol–water partition coefficient (Wildman–Crippen LogP) is 18.1. The van der Waals surface area contributed by atoms with Crippen molar-refractivity contribution >= 4 is 32.8 Å². The summed E-state index contributed by atoms with van der Waals surface area (Å²) in [7, 11) is 0. The van der Waals surface area contributed by atoms with Crippen LogP contribution in [0.2, 0.25) is 0 Å². The van der Waals surface area contributed by atoms with E-state index in [9.17, 15) is 11.0 Å². The van der Waals surface area contributed by atoms with Crippen LogP contribution in [0.1, 0.15) is 102 Å². The summed E-state index contributed by atoms with van der Waals surface area (Å²) < 4.78 is 197. The van der Waals surface area contributed by atoms with Gasteiger partial charge in [-0.2, -0.15) is 18.2 Å². The van der Waals surface area contributed by atoms with Crippen LogP contribution in [0, 0.1) is 45.9 Å². The summed E-state index contributed by atoms with van der Waals surface area (Å²) in [6.45, 7) is -0.322. The van der Waals surface area contributed by atoms with Gasteiger partial charge in [-0.25, -0.2) is 4.98 Å². The van der Waals surface area contributed by atoms with Gasteiger partial charge in [0, 0.05) is 60.7 Å². The summed E-state index contributed by atoms with van der Waals surface area (Å²) in [6.07, 6.45) is 5.25. The van der Waals surface area contributed by atoms with Crippen LogP contribution >= 0.6 is 0 Å². The molecule has 0 aliphatic carbocycles. The van der Waals surface area contributed by atoms with Crippen LogP contribution in [0.5, 0.6) is 11.5 Å². The smallest absolute Gasteiger partial charge is 0.268 e. The van der Waals surface area contributed by atoms with E-state index >= 15 is 0 Å². The molecular weight excluding hydrogens is 1130 g/mol. The Morgan fingerprint density at radius 1 is 0.538 bits per heavy atom. The molecular formula is C72H60N4OPt-2. The molecule has 0 saturated carbocycles. The number of imidazole rings is 1. The molecule has 0 amide bonds. The molecule has 0 bridgehead atoms. The fraction of sp³-hybridized carbons (Fsp3) is 0.167. The molecule has 1 aliphatic heterocycles. The Kier molecular flexibility index (Phi) is 7.98. The number of hydrogen-bond acceptors (Lipinski definition) is 2. The minimum atomic E-state index is -3.15. The Labute approximate surface area is 500 Å². The molecule has 12 aromatic rings. The van der Waals surface area contributed by atoms with Crippen molar-refractivity contribution in [2.45, 2.75) is 79.8 Å². The molecule has 0 saturated heterocycles. The van der Waals surface area contributed by atoms with Gasteiger partial charge in [0.1, 0.15) is 5.82 Å². The average molecular weight is 1210 g/mol. The van der Waals surface area contributed by atoms with Gasteiger partial charge in [0.25, 0.3) is 6.33 Å².